The van der Waals surface area contributed by atoms with Gasteiger partial charge in [0, 0.05) is 24.9 Å². The number of halogens is 1. The molecule has 1 saturated carbocycles. The van der Waals surface area contributed by atoms with Gasteiger partial charge in [-0.3, -0.25) is 0 Å². The summed E-state index contributed by atoms with van der Waals surface area (Å²) in [6.45, 7) is 0. The van der Waals surface area contributed by atoms with Gasteiger partial charge in [0.25, 0.3) is 0 Å². The van der Waals surface area contributed by atoms with Crippen LogP contribution in [0.5, 0.6) is 0 Å². The van der Waals surface area contributed by atoms with Crippen molar-refractivity contribution in [1.29, 1.82) is 0 Å². The van der Waals surface area contributed by atoms with Crippen molar-refractivity contribution in [2.24, 2.45) is 5.92 Å². The summed E-state index contributed by atoms with van der Waals surface area (Å²) in [7, 11) is 0. The van der Waals surface area contributed by atoms with E-state index < -0.39 is 0 Å². The maximum atomic E-state index is 3.21. The average molecular weight is 256 g/mol. The van der Waals surface area contributed by atoms with Gasteiger partial charge in [0.1, 0.15) is 0 Å². The zero-order valence-corrected chi connectivity index (χ0v) is 12.2. The summed E-state index contributed by atoms with van der Waals surface area (Å²) >= 11 is 1.69. The molecule has 67 valence electrons. The molecule has 0 aromatic carbocycles. The van der Waals surface area contributed by atoms with Crippen molar-refractivity contribution in [3.63, 3.8) is 0 Å². The Labute approximate surface area is 99.1 Å². The molecule has 1 rings (SSSR count). The minimum absolute atomic E-state index is 0. The Kier molecular flexibility index (Phi) is 13.0. The smallest absolute Gasteiger partial charge is 0.0165 e. The van der Waals surface area contributed by atoms with Crippen LogP contribution in [-0.4, -0.2) is 6.26 Å². The van der Waals surface area contributed by atoms with Crippen LogP contribution in [0.2, 0.25) is 0 Å². The van der Waals surface area contributed by atoms with Crippen LogP contribution >= 0.6 is 11.8 Å². The third-order valence-electron chi connectivity index (χ3n) is 2.07. The molecule has 0 unspecified atom stereocenters. The van der Waals surface area contributed by atoms with Crippen molar-refractivity contribution in [1.82, 2.24) is 0 Å². The van der Waals surface area contributed by atoms with E-state index in [2.05, 4.69) is 17.7 Å². The molecule has 0 bridgehead atoms. The van der Waals surface area contributed by atoms with Crippen molar-refractivity contribution in [3.05, 3.63) is 11.5 Å². The number of allylic oxidation sites excluding steroid dienone is 1. The molecule has 0 aromatic rings. The van der Waals surface area contributed by atoms with E-state index in [0.717, 1.165) is 5.92 Å². The predicted molar refractivity (Wildman–Crippen MR) is 47.9 cm³/mol. The predicted octanol–water partition coefficient (Wildman–Crippen LogP) is 0.248. The van der Waals surface area contributed by atoms with Crippen LogP contribution in [0, 0.1) is 11.3 Å². The van der Waals surface area contributed by atoms with Crippen molar-refractivity contribution < 1.29 is 31.9 Å². The zero-order valence-electron chi connectivity index (χ0n) is 7.68. The normalized spacial score (nSPS) is 18.4. The van der Waals surface area contributed by atoms with Crippen molar-refractivity contribution in [2.75, 3.05) is 6.26 Å². The fourth-order valence-corrected chi connectivity index (χ4v) is 1.79. The van der Waals surface area contributed by atoms with Gasteiger partial charge in [0.15, 0.2) is 0 Å². The summed E-state index contributed by atoms with van der Waals surface area (Å²) in [5, 5.41) is 3.21. The van der Waals surface area contributed by atoms with E-state index in [4.69, 9.17) is 0 Å². The maximum Gasteiger partial charge on any atom is 0.0165 e. The molecule has 0 atom stereocenters. The van der Waals surface area contributed by atoms with Crippen molar-refractivity contribution in [2.45, 2.75) is 32.1 Å². The molecule has 12 heavy (non-hydrogen) atoms. The van der Waals surface area contributed by atoms with Crippen LogP contribution in [0.1, 0.15) is 32.1 Å². The molecule has 1 aliphatic carbocycles. The second-order valence-corrected chi connectivity index (χ2v) is 3.53. The number of hydrogen-bond acceptors (Lipinski definition) is 1. The molecule has 0 N–H and O–H groups in total. The van der Waals surface area contributed by atoms with E-state index in [0.29, 0.717) is 0 Å². The third kappa shape index (κ3) is 6.51. The van der Waals surface area contributed by atoms with Gasteiger partial charge in [-0.05, 0) is 25.0 Å². The zero-order chi connectivity index (χ0) is 7.23. The van der Waals surface area contributed by atoms with E-state index in [1.807, 2.05) is 0 Å². The van der Waals surface area contributed by atoms with E-state index in [-0.39, 0.29) is 31.9 Å². The summed E-state index contributed by atoms with van der Waals surface area (Å²) < 4.78 is 0. The Bertz CT molecular complexity index is 111. The van der Waals surface area contributed by atoms with Crippen LogP contribution in [0.15, 0.2) is 6.08 Å². The molecular formula is C9H15ClSZn-. The van der Waals surface area contributed by atoms with Gasteiger partial charge in [-0.2, -0.15) is 0 Å². The Hall–Kier alpha value is 1.00. The number of rotatable bonds is 2. The summed E-state index contributed by atoms with van der Waals surface area (Å²) in [5.41, 5.74) is 0. The van der Waals surface area contributed by atoms with Crippen molar-refractivity contribution >= 4 is 11.8 Å². The summed E-state index contributed by atoms with van der Waals surface area (Å²) in [4.78, 5) is 0. The monoisotopic (exact) mass is 254 g/mol. The molecule has 1 aliphatic rings. The minimum atomic E-state index is 0. The van der Waals surface area contributed by atoms with Gasteiger partial charge in [0.2, 0.25) is 0 Å². The van der Waals surface area contributed by atoms with E-state index in [9.17, 15) is 0 Å². The van der Waals surface area contributed by atoms with E-state index in [1.165, 1.54) is 32.1 Å². The van der Waals surface area contributed by atoms with Crippen molar-refractivity contribution in [3.8, 4) is 0 Å². The van der Waals surface area contributed by atoms with E-state index >= 15 is 0 Å². The first-order valence-electron chi connectivity index (χ1n) is 4.05. The first kappa shape index (κ1) is 15.5. The summed E-state index contributed by atoms with van der Waals surface area (Å²) in [5.74, 6) is 0.848. The largest absolute Gasteiger partial charge is 1.00 e. The third-order valence-corrected chi connectivity index (χ3v) is 2.44. The van der Waals surface area contributed by atoms with Crippen LogP contribution in [0.4, 0.5) is 0 Å². The molecule has 0 amide bonds. The first-order valence-corrected chi connectivity index (χ1v) is 5.28. The SMILES string of the molecule is CS[C]=CC1CCCCC1.[Cl-].[Zn]. The molecule has 0 aliphatic heterocycles. The molecule has 1 fully saturated rings. The molecule has 3 heteroatoms. The van der Waals surface area contributed by atoms with Crippen LogP contribution in [0.25, 0.3) is 0 Å². The molecule has 0 saturated heterocycles. The van der Waals surface area contributed by atoms with Crippen LogP contribution in [0.3, 0.4) is 0 Å². The molecule has 0 spiro atoms. The first-order chi connectivity index (χ1) is 4.93. The number of thioether (sulfide) groups is 1. The Morgan fingerprint density at radius 2 is 1.83 bits per heavy atom. The quantitative estimate of drug-likeness (QED) is 0.638. The molecule has 0 heterocycles. The average Bonchev–Trinajstić information content (AvgIpc) is 2.03. The fourth-order valence-electron chi connectivity index (χ4n) is 1.47. The molecule has 1 radical (unpaired) electrons. The Balaban J connectivity index is 0. The molecule has 0 aromatic heterocycles. The van der Waals surface area contributed by atoms with E-state index in [1.54, 1.807) is 11.8 Å². The van der Waals surface area contributed by atoms with Gasteiger partial charge in [-0.25, -0.2) is 0 Å². The summed E-state index contributed by atoms with van der Waals surface area (Å²) in [6, 6.07) is 0. The van der Waals surface area contributed by atoms with Crippen LogP contribution < -0.4 is 12.4 Å². The second-order valence-electron chi connectivity index (χ2n) is 2.89. The minimum Gasteiger partial charge on any atom is -1.00 e. The fraction of sp³-hybridized carbons (Fsp3) is 0.778. The molecular weight excluding hydrogens is 241 g/mol. The molecule has 0 nitrogen and oxygen atoms in total. The Morgan fingerprint density at radius 1 is 1.25 bits per heavy atom. The summed E-state index contributed by atoms with van der Waals surface area (Å²) in [6.07, 6.45) is 11.4. The second kappa shape index (κ2) is 10.1. The van der Waals surface area contributed by atoms with Gasteiger partial charge in [-0.1, -0.05) is 25.3 Å². The Morgan fingerprint density at radius 3 is 2.33 bits per heavy atom. The van der Waals surface area contributed by atoms with Crippen LogP contribution in [-0.2, 0) is 19.5 Å². The number of hydrogen-bond donors (Lipinski definition) is 0. The van der Waals surface area contributed by atoms with Gasteiger partial charge in [-0.15, -0.1) is 11.8 Å². The standard InChI is InChI=1S/C9H15S.ClH.Zn/c1-10-8-7-9-5-3-2-4-6-9;;/h7,9H,2-6H2,1H3;1H;/p-1. The van der Waals surface area contributed by atoms with Gasteiger partial charge < -0.3 is 12.4 Å². The maximum absolute atomic E-state index is 3.21. The van der Waals surface area contributed by atoms with Gasteiger partial charge in [0.05, 0.1) is 0 Å². The van der Waals surface area contributed by atoms with Gasteiger partial charge >= 0.3 is 0 Å². The topological polar surface area (TPSA) is 0 Å².